The zero-order valence-corrected chi connectivity index (χ0v) is 13.5. The first-order chi connectivity index (χ1) is 9.65. The fraction of sp³-hybridized carbons (Fsp3) is 0.812. The highest BCUT2D eigenvalue weighted by atomic mass is 15.3. The fourth-order valence-electron chi connectivity index (χ4n) is 3.16. The Hall–Kier alpha value is -0.870. The summed E-state index contributed by atoms with van der Waals surface area (Å²) in [6, 6.07) is 3.37. The highest BCUT2D eigenvalue weighted by molar-refractivity contribution is 5.01. The van der Waals surface area contributed by atoms with Gasteiger partial charge in [-0.2, -0.15) is 5.10 Å². The van der Waals surface area contributed by atoms with Gasteiger partial charge in [0.05, 0.1) is 11.7 Å². The minimum absolute atomic E-state index is 0.549. The third kappa shape index (κ3) is 3.61. The van der Waals surface area contributed by atoms with Gasteiger partial charge in [-0.3, -0.25) is 9.58 Å². The number of nitrogens with zero attached hydrogens (tertiary/aromatic N) is 3. The molecule has 20 heavy (non-hydrogen) atoms. The molecule has 1 aromatic rings. The van der Waals surface area contributed by atoms with Gasteiger partial charge in [0.15, 0.2) is 0 Å². The van der Waals surface area contributed by atoms with Gasteiger partial charge in [0.2, 0.25) is 0 Å². The van der Waals surface area contributed by atoms with Crippen LogP contribution in [0, 0.1) is 5.92 Å². The molecule has 1 unspecified atom stereocenters. The van der Waals surface area contributed by atoms with Crippen molar-refractivity contribution in [2.45, 2.75) is 59.2 Å². The summed E-state index contributed by atoms with van der Waals surface area (Å²) in [6.07, 6.45) is 4.46. The van der Waals surface area contributed by atoms with Crippen LogP contribution < -0.4 is 5.32 Å². The highest BCUT2D eigenvalue weighted by Crippen LogP contribution is 2.18. The molecule has 2 rings (SSSR count). The first kappa shape index (κ1) is 15.5. The molecular weight excluding hydrogens is 248 g/mol. The molecule has 2 heterocycles. The van der Waals surface area contributed by atoms with Gasteiger partial charge in [0, 0.05) is 38.4 Å². The number of hydrogen-bond acceptors (Lipinski definition) is 3. The number of nitrogens with one attached hydrogen (secondary N) is 1. The van der Waals surface area contributed by atoms with Crippen molar-refractivity contribution >= 4 is 0 Å². The van der Waals surface area contributed by atoms with Crippen molar-refractivity contribution in [3.63, 3.8) is 0 Å². The molecule has 4 heteroatoms. The van der Waals surface area contributed by atoms with Crippen LogP contribution in [0.15, 0.2) is 12.3 Å². The van der Waals surface area contributed by atoms with Gasteiger partial charge >= 0.3 is 0 Å². The number of rotatable bonds is 6. The lowest BCUT2D eigenvalue weighted by atomic mass is 10.0. The molecule has 1 atom stereocenters. The van der Waals surface area contributed by atoms with Gasteiger partial charge in [-0.25, -0.2) is 0 Å². The van der Waals surface area contributed by atoms with Crippen LogP contribution in [0.1, 0.15) is 52.3 Å². The standard InChI is InChI=1S/C16H30N4/c1-5-15(6-2)20-9-7-14(18-20)12-19-10-8-17-11-16(19)13(3)4/h7,9,13,15-17H,5-6,8,10-12H2,1-4H3. The SMILES string of the molecule is CCC(CC)n1ccc(CN2CCNCC2C(C)C)n1. The van der Waals surface area contributed by atoms with Gasteiger partial charge < -0.3 is 5.32 Å². The molecule has 0 aliphatic carbocycles. The summed E-state index contributed by atoms with van der Waals surface area (Å²) in [7, 11) is 0. The lowest BCUT2D eigenvalue weighted by Gasteiger charge is -2.38. The second-order valence-corrected chi connectivity index (χ2v) is 6.24. The summed E-state index contributed by atoms with van der Waals surface area (Å²) in [5.41, 5.74) is 1.21. The van der Waals surface area contributed by atoms with Gasteiger partial charge in [0.1, 0.15) is 0 Å². The van der Waals surface area contributed by atoms with Crippen LogP contribution in [0.5, 0.6) is 0 Å². The summed E-state index contributed by atoms with van der Waals surface area (Å²) in [4.78, 5) is 2.58. The van der Waals surface area contributed by atoms with Crippen molar-refractivity contribution in [2.75, 3.05) is 19.6 Å². The topological polar surface area (TPSA) is 33.1 Å². The fourth-order valence-corrected chi connectivity index (χ4v) is 3.16. The minimum Gasteiger partial charge on any atom is -0.314 e. The highest BCUT2D eigenvalue weighted by Gasteiger charge is 2.25. The molecule has 0 saturated carbocycles. The number of hydrogen-bond donors (Lipinski definition) is 1. The van der Waals surface area contributed by atoms with Crippen LogP contribution in [0.25, 0.3) is 0 Å². The van der Waals surface area contributed by atoms with Crippen molar-refractivity contribution in [3.05, 3.63) is 18.0 Å². The zero-order chi connectivity index (χ0) is 14.5. The predicted octanol–water partition coefficient (Wildman–Crippen LogP) is 2.67. The minimum atomic E-state index is 0.549. The molecule has 4 nitrogen and oxygen atoms in total. The van der Waals surface area contributed by atoms with Gasteiger partial charge in [0.25, 0.3) is 0 Å². The van der Waals surface area contributed by atoms with E-state index in [1.165, 1.54) is 5.69 Å². The molecule has 1 aliphatic heterocycles. The maximum absolute atomic E-state index is 4.79. The number of aromatic nitrogens is 2. The molecular formula is C16H30N4. The lowest BCUT2D eigenvalue weighted by Crippen LogP contribution is -2.53. The van der Waals surface area contributed by atoms with Crippen LogP contribution in [0.4, 0.5) is 0 Å². The molecule has 0 radical (unpaired) electrons. The van der Waals surface area contributed by atoms with Crippen LogP contribution >= 0.6 is 0 Å². The Balaban J connectivity index is 2.01. The maximum Gasteiger partial charge on any atom is 0.0765 e. The van der Waals surface area contributed by atoms with Crippen LogP contribution in [-0.4, -0.2) is 40.4 Å². The summed E-state index contributed by atoms with van der Waals surface area (Å²) in [6.45, 7) is 13.4. The first-order valence-corrected chi connectivity index (χ1v) is 8.14. The van der Waals surface area contributed by atoms with Crippen molar-refractivity contribution in [3.8, 4) is 0 Å². The Kier molecular flexibility index (Phi) is 5.61. The third-order valence-corrected chi connectivity index (χ3v) is 4.51. The molecule has 1 N–H and O–H groups in total. The van der Waals surface area contributed by atoms with Crippen LogP contribution in [-0.2, 0) is 6.54 Å². The number of piperazine rings is 1. The molecule has 114 valence electrons. The van der Waals surface area contributed by atoms with Gasteiger partial charge in [-0.15, -0.1) is 0 Å². The van der Waals surface area contributed by atoms with E-state index >= 15 is 0 Å². The van der Waals surface area contributed by atoms with E-state index in [0.29, 0.717) is 18.0 Å². The van der Waals surface area contributed by atoms with E-state index in [1.54, 1.807) is 0 Å². The normalized spacial score (nSPS) is 21.0. The predicted molar refractivity (Wildman–Crippen MR) is 83.8 cm³/mol. The van der Waals surface area contributed by atoms with E-state index in [2.05, 4.69) is 54.9 Å². The molecule has 0 aromatic carbocycles. The van der Waals surface area contributed by atoms with Crippen LogP contribution in [0.3, 0.4) is 0 Å². The second kappa shape index (κ2) is 7.23. The monoisotopic (exact) mass is 278 g/mol. The van der Waals surface area contributed by atoms with E-state index in [9.17, 15) is 0 Å². The molecule has 0 spiro atoms. The van der Waals surface area contributed by atoms with E-state index in [1.807, 2.05) is 0 Å². The second-order valence-electron chi connectivity index (χ2n) is 6.24. The van der Waals surface area contributed by atoms with Crippen LogP contribution in [0.2, 0.25) is 0 Å². The van der Waals surface area contributed by atoms with Gasteiger partial charge in [-0.1, -0.05) is 27.7 Å². The van der Waals surface area contributed by atoms with E-state index < -0.39 is 0 Å². The summed E-state index contributed by atoms with van der Waals surface area (Å²) >= 11 is 0. The third-order valence-electron chi connectivity index (χ3n) is 4.51. The average Bonchev–Trinajstić information content (AvgIpc) is 2.89. The van der Waals surface area contributed by atoms with Gasteiger partial charge in [-0.05, 0) is 24.8 Å². The van der Waals surface area contributed by atoms with Crippen molar-refractivity contribution < 1.29 is 0 Å². The Morgan fingerprint density at radius 3 is 2.75 bits per heavy atom. The summed E-state index contributed by atoms with van der Waals surface area (Å²) in [5.74, 6) is 0.684. The first-order valence-electron chi connectivity index (χ1n) is 8.14. The zero-order valence-electron chi connectivity index (χ0n) is 13.5. The molecule has 0 bridgehead atoms. The largest absolute Gasteiger partial charge is 0.314 e. The smallest absolute Gasteiger partial charge is 0.0765 e. The average molecular weight is 278 g/mol. The summed E-state index contributed by atoms with van der Waals surface area (Å²) in [5, 5.41) is 8.30. The Morgan fingerprint density at radius 1 is 1.35 bits per heavy atom. The molecule has 1 aromatic heterocycles. The molecule has 1 saturated heterocycles. The Bertz CT molecular complexity index is 395. The quantitative estimate of drug-likeness (QED) is 0.868. The van der Waals surface area contributed by atoms with Crippen molar-refractivity contribution in [1.82, 2.24) is 20.0 Å². The Morgan fingerprint density at radius 2 is 2.10 bits per heavy atom. The van der Waals surface area contributed by atoms with E-state index in [4.69, 9.17) is 5.10 Å². The molecule has 1 aliphatic rings. The van der Waals surface area contributed by atoms with Crippen molar-refractivity contribution in [1.29, 1.82) is 0 Å². The van der Waals surface area contributed by atoms with Crippen molar-refractivity contribution in [2.24, 2.45) is 5.92 Å². The molecule has 0 amide bonds. The molecule has 1 fully saturated rings. The van der Waals surface area contributed by atoms with E-state index in [0.717, 1.165) is 39.0 Å². The van der Waals surface area contributed by atoms with E-state index in [-0.39, 0.29) is 0 Å². The lowest BCUT2D eigenvalue weighted by molar-refractivity contribution is 0.115. The maximum atomic E-state index is 4.79. The Labute approximate surface area is 123 Å². The summed E-state index contributed by atoms with van der Waals surface area (Å²) < 4.78 is 2.15.